The summed E-state index contributed by atoms with van der Waals surface area (Å²) in [4.78, 5) is 12.3. The fraction of sp³-hybridized carbons (Fsp3) is 0.308. The second kappa shape index (κ2) is 7.61. The van der Waals surface area contributed by atoms with Crippen LogP contribution in [0.5, 0.6) is 6.01 Å². The quantitative estimate of drug-likeness (QED) is 0.533. The normalized spacial score (nSPS) is 10.2. The first-order valence-corrected chi connectivity index (χ1v) is 6.93. The van der Waals surface area contributed by atoms with Crippen LogP contribution in [0.1, 0.15) is 18.9 Å². The van der Waals surface area contributed by atoms with Crippen LogP contribution in [-0.2, 0) is 6.54 Å². The Hall–Kier alpha value is -2.12. The van der Waals surface area contributed by atoms with Gasteiger partial charge in [-0.3, -0.25) is 5.43 Å². The Morgan fingerprint density at radius 2 is 2.05 bits per heavy atom. The number of anilines is 2. The van der Waals surface area contributed by atoms with Crippen LogP contribution in [0.2, 0.25) is 5.02 Å². The van der Waals surface area contributed by atoms with Crippen molar-refractivity contribution in [3.63, 3.8) is 0 Å². The number of nitrogens with one attached hydrogen (secondary N) is 2. The summed E-state index contributed by atoms with van der Waals surface area (Å²) in [6.45, 7) is 3.06. The second-order valence-electron chi connectivity index (χ2n) is 4.24. The highest BCUT2D eigenvalue weighted by atomic mass is 35.5. The van der Waals surface area contributed by atoms with E-state index in [-0.39, 0.29) is 12.0 Å². The number of hydrogen-bond donors (Lipinski definition) is 3. The molecule has 0 aliphatic carbocycles. The summed E-state index contributed by atoms with van der Waals surface area (Å²) in [6.07, 6.45) is 0.863. The van der Waals surface area contributed by atoms with Gasteiger partial charge in [0.05, 0.1) is 6.61 Å². The third-order valence-corrected chi connectivity index (χ3v) is 2.75. The molecule has 2 aromatic rings. The molecule has 0 spiro atoms. The van der Waals surface area contributed by atoms with Crippen molar-refractivity contribution in [1.29, 1.82) is 0 Å². The number of hydrogen-bond acceptors (Lipinski definition) is 7. The summed E-state index contributed by atoms with van der Waals surface area (Å²) in [7, 11) is 0. The molecular weight excluding hydrogens is 292 g/mol. The van der Waals surface area contributed by atoms with Gasteiger partial charge in [-0.1, -0.05) is 30.7 Å². The first-order valence-electron chi connectivity index (χ1n) is 6.55. The van der Waals surface area contributed by atoms with Gasteiger partial charge >= 0.3 is 6.01 Å². The molecule has 0 radical (unpaired) electrons. The van der Waals surface area contributed by atoms with Crippen LogP contribution < -0.4 is 21.3 Å². The van der Waals surface area contributed by atoms with Crippen molar-refractivity contribution >= 4 is 23.5 Å². The largest absolute Gasteiger partial charge is 0.463 e. The van der Waals surface area contributed by atoms with Gasteiger partial charge in [0.2, 0.25) is 11.9 Å². The lowest BCUT2D eigenvalue weighted by atomic mass is 10.2. The Morgan fingerprint density at radius 1 is 1.24 bits per heavy atom. The molecule has 0 atom stereocenters. The molecule has 1 aromatic heterocycles. The summed E-state index contributed by atoms with van der Waals surface area (Å²) in [5.41, 5.74) is 3.40. The molecule has 4 N–H and O–H groups in total. The van der Waals surface area contributed by atoms with Gasteiger partial charge in [0, 0.05) is 11.6 Å². The van der Waals surface area contributed by atoms with Crippen LogP contribution in [0, 0.1) is 0 Å². The highest BCUT2D eigenvalue weighted by Crippen LogP contribution is 2.14. The van der Waals surface area contributed by atoms with Gasteiger partial charge in [-0.2, -0.15) is 15.0 Å². The molecule has 0 aliphatic heterocycles. The fourth-order valence-electron chi connectivity index (χ4n) is 1.59. The van der Waals surface area contributed by atoms with Crippen LogP contribution >= 0.6 is 11.6 Å². The van der Waals surface area contributed by atoms with Gasteiger partial charge in [0.15, 0.2) is 0 Å². The molecule has 0 aliphatic rings. The number of benzene rings is 1. The molecule has 8 heteroatoms. The monoisotopic (exact) mass is 308 g/mol. The molecule has 2 rings (SSSR count). The van der Waals surface area contributed by atoms with Gasteiger partial charge in [-0.15, -0.1) is 0 Å². The van der Waals surface area contributed by atoms with E-state index in [4.69, 9.17) is 22.2 Å². The third kappa shape index (κ3) is 4.73. The van der Waals surface area contributed by atoms with Gasteiger partial charge in [-0.25, -0.2) is 5.84 Å². The van der Waals surface area contributed by atoms with E-state index in [2.05, 4.69) is 25.7 Å². The number of nitrogen functional groups attached to an aromatic ring is 1. The molecule has 7 nitrogen and oxygen atoms in total. The minimum absolute atomic E-state index is 0.230. The van der Waals surface area contributed by atoms with E-state index in [9.17, 15) is 0 Å². The van der Waals surface area contributed by atoms with E-state index < -0.39 is 0 Å². The molecule has 1 heterocycles. The minimum atomic E-state index is 0.230. The number of aromatic nitrogens is 3. The predicted octanol–water partition coefficient (Wildman–Crippen LogP) is 2.21. The van der Waals surface area contributed by atoms with E-state index in [0.29, 0.717) is 24.1 Å². The molecule has 112 valence electrons. The van der Waals surface area contributed by atoms with Gasteiger partial charge in [-0.05, 0) is 24.1 Å². The molecule has 21 heavy (non-hydrogen) atoms. The fourth-order valence-corrected chi connectivity index (χ4v) is 1.80. The highest BCUT2D eigenvalue weighted by molar-refractivity contribution is 6.30. The van der Waals surface area contributed by atoms with Crippen molar-refractivity contribution in [2.45, 2.75) is 19.9 Å². The average Bonchev–Trinajstić information content (AvgIpc) is 2.51. The van der Waals surface area contributed by atoms with Crippen molar-refractivity contribution in [2.24, 2.45) is 5.84 Å². The lowest BCUT2D eigenvalue weighted by Crippen LogP contribution is -2.14. The van der Waals surface area contributed by atoms with Crippen molar-refractivity contribution in [1.82, 2.24) is 15.0 Å². The van der Waals surface area contributed by atoms with Gasteiger partial charge in [0.25, 0.3) is 0 Å². The molecule has 0 fully saturated rings. The minimum Gasteiger partial charge on any atom is -0.463 e. The lowest BCUT2D eigenvalue weighted by Gasteiger charge is -2.09. The van der Waals surface area contributed by atoms with Crippen molar-refractivity contribution in [3.8, 4) is 6.01 Å². The molecule has 1 aromatic carbocycles. The molecular formula is C13H17ClN6O. The van der Waals surface area contributed by atoms with E-state index in [1.54, 1.807) is 0 Å². The van der Waals surface area contributed by atoms with Crippen molar-refractivity contribution in [2.75, 3.05) is 17.3 Å². The van der Waals surface area contributed by atoms with Gasteiger partial charge in [0.1, 0.15) is 0 Å². The van der Waals surface area contributed by atoms with Crippen LogP contribution in [0.15, 0.2) is 24.3 Å². The summed E-state index contributed by atoms with van der Waals surface area (Å²) in [6, 6.07) is 7.76. The van der Waals surface area contributed by atoms with Crippen LogP contribution in [0.25, 0.3) is 0 Å². The number of nitrogens with two attached hydrogens (primary N) is 1. The molecule has 0 bridgehead atoms. The Bertz CT molecular complexity index is 595. The second-order valence-corrected chi connectivity index (χ2v) is 4.68. The first-order chi connectivity index (χ1) is 10.2. The zero-order valence-corrected chi connectivity index (χ0v) is 12.4. The summed E-state index contributed by atoms with van der Waals surface area (Å²) >= 11 is 5.94. The highest BCUT2D eigenvalue weighted by Gasteiger charge is 2.06. The number of hydrazine groups is 1. The van der Waals surface area contributed by atoms with E-state index in [0.717, 1.165) is 12.0 Å². The van der Waals surface area contributed by atoms with Crippen LogP contribution in [0.4, 0.5) is 11.9 Å². The summed E-state index contributed by atoms with van der Waals surface area (Å²) < 4.78 is 5.39. The Labute approximate surface area is 127 Å². The summed E-state index contributed by atoms with van der Waals surface area (Å²) in [5, 5.41) is 3.76. The van der Waals surface area contributed by atoms with E-state index in [1.807, 2.05) is 31.2 Å². The third-order valence-electron chi connectivity index (χ3n) is 2.52. The maximum atomic E-state index is 5.94. The SMILES string of the molecule is CCCOc1nc(NN)nc(NCc2cccc(Cl)c2)n1. The van der Waals surface area contributed by atoms with E-state index >= 15 is 0 Å². The number of rotatable bonds is 7. The molecule has 0 unspecified atom stereocenters. The summed E-state index contributed by atoms with van der Waals surface area (Å²) in [5.74, 6) is 5.96. The Morgan fingerprint density at radius 3 is 2.76 bits per heavy atom. The Balaban J connectivity index is 2.07. The maximum absolute atomic E-state index is 5.94. The zero-order chi connectivity index (χ0) is 15.1. The zero-order valence-electron chi connectivity index (χ0n) is 11.6. The Kier molecular flexibility index (Phi) is 5.53. The maximum Gasteiger partial charge on any atom is 0.323 e. The number of halogens is 1. The lowest BCUT2D eigenvalue weighted by molar-refractivity contribution is 0.292. The number of nitrogens with zero attached hydrogens (tertiary/aromatic N) is 3. The van der Waals surface area contributed by atoms with Crippen molar-refractivity contribution < 1.29 is 4.74 Å². The predicted molar refractivity (Wildman–Crippen MR) is 82.2 cm³/mol. The van der Waals surface area contributed by atoms with Crippen LogP contribution in [0.3, 0.4) is 0 Å². The molecule has 0 amide bonds. The molecule has 0 saturated carbocycles. The van der Waals surface area contributed by atoms with Gasteiger partial charge < -0.3 is 10.1 Å². The smallest absolute Gasteiger partial charge is 0.323 e. The molecule has 0 saturated heterocycles. The average molecular weight is 309 g/mol. The van der Waals surface area contributed by atoms with E-state index in [1.165, 1.54) is 0 Å². The van der Waals surface area contributed by atoms with Crippen LogP contribution in [-0.4, -0.2) is 21.6 Å². The number of ether oxygens (including phenoxy) is 1. The van der Waals surface area contributed by atoms with Crippen molar-refractivity contribution in [3.05, 3.63) is 34.9 Å². The first kappa shape index (κ1) is 15.3. The topological polar surface area (TPSA) is 98.0 Å². The standard InChI is InChI=1S/C13H17ClN6O/c1-2-6-21-13-18-11(17-12(19-13)20-15)16-8-9-4-3-5-10(14)7-9/h3-5,7H,2,6,8,15H2,1H3,(H2,16,17,18,19,20).